The number of hydrogen-bond donors (Lipinski definition) is 8. The Morgan fingerprint density at radius 2 is 1.89 bits per heavy atom. The molecule has 0 aliphatic carbocycles. The monoisotopic (exact) mass is 389 g/mol. The van der Waals surface area contributed by atoms with Crippen LogP contribution in [0.1, 0.15) is 25.5 Å². The standard InChI is InChI=1S/C6H9N3O2.C5H9NO2.C4H9NO3/c7-5(6(10)11)1-4-2-8-3-9-4;7-5(8)4-2-1-3-6-4;1-2(6)3(5)4(7)8/h2-3,5H,1,7H2,(H,8,9)(H,10,11);4,6H,1-3H2,(H,7,8);2-3,6H,5H2,1H3,(H,7,8)/t;4-;/m.0./s1. The van der Waals surface area contributed by atoms with Gasteiger partial charge in [-0.15, -0.1) is 0 Å². The molecule has 0 bridgehead atoms. The van der Waals surface area contributed by atoms with Crippen molar-refractivity contribution in [2.45, 2.75) is 50.4 Å². The molecule has 2 heterocycles. The zero-order chi connectivity index (χ0) is 21.0. The summed E-state index contributed by atoms with van der Waals surface area (Å²) >= 11 is 0. The molecule has 0 amide bonds. The number of hydrogen-bond acceptors (Lipinski definition) is 8. The van der Waals surface area contributed by atoms with Crippen LogP contribution in [0.15, 0.2) is 12.5 Å². The number of H-pyrrole nitrogens is 1. The van der Waals surface area contributed by atoms with Gasteiger partial charge in [0.1, 0.15) is 18.1 Å². The van der Waals surface area contributed by atoms with Gasteiger partial charge in [0.25, 0.3) is 0 Å². The van der Waals surface area contributed by atoms with Crippen LogP contribution in [0.2, 0.25) is 0 Å². The summed E-state index contributed by atoms with van der Waals surface area (Å²) in [5.41, 5.74) is 10.8. The van der Waals surface area contributed by atoms with Gasteiger partial charge in [-0.05, 0) is 26.3 Å². The Morgan fingerprint density at radius 1 is 1.26 bits per heavy atom. The fourth-order valence-electron chi connectivity index (χ4n) is 1.82. The molecule has 0 aromatic carbocycles. The number of imidazole rings is 1. The maximum absolute atomic E-state index is 10.3. The van der Waals surface area contributed by atoms with E-state index in [1.165, 1.54) is 13.3 Å². The van der Waals surface area contributed by atoms with Gasteiger partial charge >= 0.3 is 17.9 Å². The highest BCUT2D eigenvalue weighted by atomic mass is 16.4. The topological polar surface area (TPSA) is 225 Å². The number of aromatic nitrogens is 2. The number of nitrogens with two attached hydrogens (primary N) is 2. The van der Waals surface area contributed by atoms with E-state index in [1.54, 1.807) is 6.20 Å². The highest BCUT2D eigenvalue weighted by Crippen LogP contribution is 2.03. The van der Waals surface area contributed by atoms with Crippen LogP contribution in [0, 0.1) is 0 Å². The first-order valence-corrected chi connectivity index (χ1v) is 8.14. The fourth-order valence-corrected chi connectivity index (χ4v) is 1.82. The van der Waals surface area contributed by atoms with E-state index in [9.17, 15) is 14.4 Å². The summed E-state index contributed by atoms with van der Waals surface area (Å²) in [5, 5.41) is 36.2. The third-order valence-corrected chi connectivity index (χ3v) is 3.46. The number of aliphatic hydroxyl groups excluding tert-OH is 1. The zero-order valence-corrected chi connectivity index (χ0v) is 14.9. The molecule has 154 valence electrons. The van der Waals surface area contributed by atoms with E-state index in [1.807, 2.05) is 0 Å². The van der Waals surface area contributed by atoms with Gasteiger partial charge in [-0.25, -0.2) is 4.98 Å². The summed E-state index contributed by atoms with van der Waals surface area (Å²) in [4.78, 5) is 36.8. The minimum atomic E-state index is -1.18. The number of carbonyl (C=O) groups is 3. The van der Waals surface area contributed by atoms with Crippen molar-refractivity contribution < 1.29 is 34.8 Å². The fraction of sp³-hybridized carbons (Fsp3) is 0.600. The van der Waals surface area contributed by atoms with Crippen LogP contribution >= 0.6 is 0 Å². The molecule has 0 saturated carbocycles. The highest BCUT2D eigenvalue weighted by Gasteiger charge is 2.20. The Bertz CT molecular complexity index is 561. The third kappa shape index (κ3) is 10.9. The first-order chi connectivity index (χ1) is 12.6. The summed E-state index contributed by atoms with van der Waals surface area (Å²) in [6.45, 7) is 2.19. The van der Waals surface area contributed by atoms with Crippen molar-refractivity contribution in [1.29, 1.82) is 0 Å². The molecule has 12 nitrogen and oxygen atoms in total. The molecule has 4 atom stereocenters. The molecule has 27 heavy (non-hydrogen) atoms. The van der Waals surface area contributed by atoms with Gasteiger partial charge in [0.2, 0.25) is 0 Å². The van der Waals surface area contributed by atoms with E-state index in [2.05, 4.69) is 15.3 Å². The lowest BCUT2D eigenvalue weighted by Crippen LogP contribution is -2.39. The Morgan fingerprint density at radius 3 is 2.15 bits per heavy atom. The third-order valence-electron chi connectivity index (χ3n) is 3.46. The van der Waals surface area contributed by atoms with Gasteiger partial charge in [-0.2, -0.15) is 0 Å². The molecular weight excluding hydrogens is 362 g/mol. The number of nitrogens with zero attached hydrogens (tertiary/aromatic N) is 1. The van der Waals surface area contributed by atoms with Gasteiger partial charge < -0.3 is 42.2 Å². The molecule has 2 rings (SSSR count). The molecule has 0 spiro atoms. The van der Waals surface area contributed by atoms with Crippen LogP contribution in [0.3, 0.4) is 0 Å². The van der Waals surface area contributed by atoms with Crippen LogP contribution in [0.4, 0.5) is 0 Å². The molecule has 10 N–H and O–H groups in total. The van der Waals surface area contributed by atoms with Crippen LogP contribution in [-0.4, -0.2) is 79.1 Å². The van der Waals surface area contributed by atoms with Crippen molar-refractivity contribution >= 4 is 17.9 Å². The summed E-state index contributed by atoms with van der Waals surface area (Å²) in [5.74, 6) is -2.91. The maximum Gasteiger partial charge on any atom is 0.323 e. The van der Waals surface area contributed by atoms with Crippen molar-refractivity contribution in [3.8, 4) is 0 Å². The molecule has 1 aliphatic heterocycles. The predicted octanol–water partition coefficient (Wildman–Crippen LogP) is -2.03. The van der Waals surface area contributed by atoms with Crippen molar-refractivity contribution in [1.82, 2.24) is 15.3 Å². The van der Waals surface area contributed by atoms with E-state index < -0.39 is 36.1 Å². The summed E-state index contributed by atoms with van der Waals surface area (Å²) in [7, 11) is 0. The van der Waals surface area contributed by atoms with Crippen molar-refractivity contribution in [3.05, 3.63) is 18.2 Å². The number of aliphatic carboxylic acids is 3. The van der Waals surface area contributed by atoms with Crippen molar-refractivity contribution in [3.63, 3.8) is 0 Å². The van der Waals surface area contributed by atoms with Crippen molar-refractivity contribution in [2.24, 2.45) is 11.5 Å². The highest BCUT2D eigenvalue weighted by molar-refractivity contribution is 5.74. The average molecular weight is 389 g/mol. The van der Waals surface area contributed by atoms with Gasteiger partial charge in [0.05, 0.1) is 18.1 Å². The quantitative estimate of drug-likeness (QED) is 0.264. The predicted molar refractivity (Wildman–Crippen MR) is 93.9 cm³/mol. The lowest BCUT2D eigenvalue weighted by atomic mass is 10.2. The summed E-state index contributed by atoms with van der Waals surface area (Å²) < 4.78 is 0. The van der Waals surface area contributed by atoms with E-state index in [4.69, 9.17) is 31.9 Å². The Labute approximate surface area is 155 Å². The molecule has 1 aromatic rings. The van der Waals surface area contributed by atoms with E-state index in [0.717, 1.165) is 19.4 Å². The first kappa shape index (κ1) is 24.5. The van der Waals surface area contributed by atoms with E-state index >= 15 is 0 Å². The number of carboxylic acid groups (broad SMARTS) is 3. The largest absolute Gasteiger partial charge is 0.480 e. The minimum Gasteiger partial charge on any atom is -0.480 e. The Hall–Kier alpha value is -2.54. The number of aromatic amines is 1. The lowest BCUT2D eigenvalue weighted by molar-refractivity contribution is -0.141. The van der Waals surface area contributed by atoms with Gasteiger partial charge in [0, 0.05) is 12.6 Å². The minimum absolute atomic E-state index is 0.263. The van der Waals surface area contributed by atoms with Crippen molar-refractivity contribution in [2.75, 3.05) is 6.54 Å². The number of rotatable bonds is 6. The molecule has 1 aromatic heterocycles. The van der Waals surface area contributed by atoms with Crippen LogP contribution in [0.25, 0.3) is 0 Å². The SMILES string of the molecule is CC(O)C(N)C(=O)O.NC(Cc1c[nH]cn1)C(=O)O.O=C(O)[C@@H]1CCCN1. The summed E-state index contributed by atoms with van der Waals surface area (Å²) in [6.07, 6.45) is 4.19. The first-order valence-electron chi connectivity index (χ1n) is 8.14. The molecule has 1 saturated heterocycles. The van der Waals surface area contributed by atoms with Gasteiger partial charge in [0.15, 0.2) is 0 Å². The Kier molecular flexibility index (Phi) is 11.6. The van der Waals surface area contributed by atoms with E-state index in [0.29, 0.717) is 5.69 Å². The second kappa shape index (κ2) is 12.8. The van der Waals surface area contributed by atoms with E-state index in [-0.39, 0.29) is 12.5 Å². The van der Waals surface area contributed by atoms with Crippen LogP contribution in [-0.2, 0) is 20.8 Å². The smallest absolute Gasteiger partial charge is 0.323 e. The molecule has 1 aliphatic rings. The normalized spacial score (nSPS) is 18.7. The zero-order valence-electron chi connectivity index (χ0n) is 14.9. The molecule has 0 radical (unpaired) electrons. The van der Waals surface area contributed by atoms with Crippen LogP contribution in [0.5, 0.6) is 0 Å². The summed E-state index contributed by atoms with van der Waals surface area (Å²) in [6, 6.07) is -2.29. The average Bonchev–Trinajstić information content (AvgIpc) is 3.28. The lowest BCUT2D eigenvalue weighted by Gasteiger charge is -2.06. The van der Waals surface area contributed by atoms with Gasteiger partial charge in [-0.1, -0.05) is 0 Å². The maximum atomic E-state index is 10.3. The molecule has 1 fully saturated rings. The number of nitrogens with one attached hydrogen (secondary N) is 2. The second-order valence-electron chi connectivity index (χ2n) is 5.80. The van der Waals surface area contributed by atoms with Gasteiger partial charge in [-0.3, -0.25) is 14.4 Å². The molecule has 3 unspecified atom stereocenters. The number of aliphatic hydroxyl groups is 1. The second-order valence-corrected chi connectivity index (χ2v) is 5.80. The molecule has 12 heteroatoms. The number of carboxylic acids is 3. The molecular formula is C15H27N5O7. The van der Waals surface area contributed by atoms with Crippen LogP contribution < -0.4 is 16.8 Å². The Balaban J connectivity index is 0.000000384.